The molecule has 2 rings (SSSR count). The molecule has 0 radical (unpaired) electrons. The summed E-state index contributed by atoms with van der Waals surface area (Å²) in [4.78, 5) is 15.3. The zero-order valence-electron chi connectivity index (χ0n) is 8.40. The number of benzene rings is 1. The Morgan fingerprint density at radius 1 is 1.47 bits per heavy atom. The Balaban J connectivity index is 2.29. The molecule has 0 aliphatic carbocycles. The number of carbonyl (C=O) groups excluding carboxylic acids is 1. The Morgan fingerprint density at radius 2 is 2.27 bits per heavy atom. The zero-order valence-corrected chi connectivity index (χ0v) is 8.40. The standard InChI is InChI=1S/C11H11NO3/c1-8(13)15-12-10-6-7-14-11-5-3-2-4-9(10)11/h2-5H,6-7H2,1H3/b12-10-. The number of rotatable bonds is 1. The molecule has 1 aliphatic rings. The maximum absolute atomic E-state index is 10.6. The third-order valence-corrected chi connectivity index (χ3v) is 2.08. The van der Waals surface area contributed by atoms with Crippen molar-refractivity contribution in [2.24, 2.45) is 5.16 Å². The predicted octanol–water partition coefficient (Wildman–Crippen LogP) is 1.74. The molecule has 1 aromatic rings. The van der Waals surface area contributed by atoms with Crippen LogP contribution in [0.25, 0.3) is 0 Å². The summed E-state index contributed by atoms with van der Waals surface area (Å²) in [6.45, 7) is 1.90. The zero-order chi connectivity index (χ0) is 10.7. The van der Waals surface area contributed by atoms with Gasteiger partial charge in [-0.25, -0.2) is 4.79 Å². The van der Waals surface area contributed by atoms with Crippen molar-refractivity contribution in [2.75, 3.05) is 6.61 Å². The highest BCUT2D eigenvalue weighted by Crippen LogP contribution is 2.24. The second-order valence-corrected chi connectivity index (χ2v) is 3.22. The third kappa shape index (κ3) is 2.15. The van der Waals surface area contributed by atoms with Crippen LogP contribution in [-0.4, -0.2) is 18.3 Å². The topological polar surface area (TPSA) is 47.9 Å². The molecule has 1 aromatic carbocycles. The van der Waals surface area contributed by atoms with Crippen molar-refractivity contribution in [1.29, 1.82) is 0 Å². The van der Waals surface area contributed by atoms with Crippen LogP contribution in [0.3, 0.4) is 0 Å². The summed E-state index contributed by atoms with van der Waals surface area (Å²) in [7, 11) is 0. The van der Waals surface area contributed by atoms with Crippen LogP contribution in [-0.2, 0) is 9.63 Å². The molecule has 15 heavy (non-hydrogen) atoms. The van der Waals surface area contributed by atoms with E-state index in [-0.39, 0.29) is 0 Å². The largest absolute Gasteiger partial charge is 0.492 e. The highest BCUT2D eigenvalue weighted by atomic mass is 16.7. The van der Waals surface area contributed by atoms with Crippen molar-refractivity contribution in [1.82, 2.24) is 0 Å². The Bertz CT molecular complexity index is 412. The van der Waals surface area contributed by atoms with Crippen molar-refractivity contribution in [3.8, 4) is 5.75 Å². The van der Waals surface area contributed by atoms with Crippen molar-refractivity contribution in [3.63, 3.8) is 0 Å². The Labute approximate surface area is 87.5 Å². The first-order chi connectivity index (χ1) is 7.27. The van der Waals surface area contributed by atoms with Gasteiger partial charge in [0.15, 0.2) is 0 Å². The summed E-state index contributed by atoms with van der Waals surface area (Å²) >= 11 is 0. The van der Waals surface area contributed by atoms with Crippen LogP contribution in [0, 0.1) is 0 Å². The molecule has 0 saturated carbocycles. The SMILES string of the molecule is CC(=O)O/N=C1/CCOc2ccccc21. The molecule has 0 spiro atoms. The maximum Gasteiger partial charge on any atom is 0.331 e. The molecular weight excluding hydrogens is 194 g/mol. The highest BCUT2D eigenvalue weighted by Gasteiger charge is 2.16. The van der Waals surface area contributed by atoms with Crippen LogP contribution in [0.5, 0.6) is 5.75 Å². The van der Waals surface area contributed by atoms with Crippen molar-refractivity contribution in [3.05, 3.63) is 29.8 Å². The van der Waals surface area contributed by atoms with Gasteiger partial charge in [0.05, 0.1) is 12.3 Å². The number of carbonyl (C=O) groups is 1. The van der Waals surface area contributed by atoms with Gasteiger partial charge < -0.3 is 9.57 Å². The monoisotopic (exact) mass is 205 g/mol. The number of ether oxygens (including phenoxy) is 1. The third-order valence-electron chi connectivity index (χ3n) is 2.08. The summed E-state index contributed by atoms with van der Waals surface area (Å²) in [5, 5.41) is 3.81. The van der Waals surface area contributed by atoms with E-state index >= 15 is 0 Å². The smallest absolute Gasteiger partial charge is 0.331 e. The number of oxime groups is 1. The summed E-state index contributed by atoms with van der Waals surface area (Å²) in [5.74, 6) is 0.376. The van der Waals surface area contributed by atoms with E-state index in [1.807, 2.05) is 24.3 Å². The highest BCUT2D eigenvalue weighted by molar-refractivity contribution is 6.03. The second kappa shape index (κ2) is 4.13. The van der Waals surface area contributed by atoms with Gasteiger partial charge in [-0.1, -0.05) is 17.3 Å². The van der Waals surface area contributed by atoms with Crippen LogP contribution in [0.1, 0.15) is 18.9 Å². The number of hydrogen-bond acceptors (Lipinski definition) is 4. The molecule has 0 bridgehead atoms. The molecule has 4 heteroatoms. The lowest BCUT2D eigenvalue weighted by Gasteiger charge is -2.17. The second-order valence-electron chi connectivity index (χ2n) is 3.22. The minimum atomic E-state index is -0.411. The molecule has 0 fully saturated rings. The Morgan fingerprint density at radius 3 is 3.07 bits per heavy atom. The normalized spacial score (nSPS) is 16.7. The van der Waals surface area contributed by atoms with E-state index in [1.54, 1.807) is 0 Å². The van der Waals surface area contributed by atoms with Gasteiger partial charge in [0.1, 0.15) is 5.75 Å². The Kier molecular flexibility index (Phi) is 2.67. The van der Waals surface area contributed by atoms with Gasteiger partial charge in [-0.2, -0.15) is 0 Å². The fourth-order valence-corrected chi connectivity index (χ4v) is 1.44. The van der Waals surface area contributed by atoms with Gasteiger partial charge in [0, 0.05) is 18.9 Å². The summed E-state index contributed by atoms with van der Waals surface area (Å²) in [5.41, 5.74) is 1.65. The average molecular weight is 205 g/mol. The van der Waals surface area contributed by atoms with Crippen molar-refractivity contribution >= 4 is 11.7 Å². The quantitative estimate of drug-likeness (QED) is 0.518. The lowest BCUT2D eigenvalue weighted by atomic mass is 10.0. The van der Waals surface area contributed by atoms with Crippen molar-refractivity contribution in [2.45, 2.75) is 13.3 Å². The van der Waals surface area contributed by atoms with Gasteiger partial charge >= 0.3 is 5.97 Å². The number of fused-ring (bicyclic) bond motifs is 1. The molecule has 78 valence electrons. The van der Waals surface area contributed by atoms with Crippen LogP contribution in [0.4, 0.5) is 0 Å². The van der Waals surface area contributed by atoms with Gasteiger partial charge in [-0.05, 0) is 12.1 Å². The molecule has 0 saturated heterocycles. The lowest BCUT2D eigenvalue weighted by molar-refractivity contribution is -0.140. The molecule has 0 aromatic heterocycles. The lowest BCUT2D eigenvalue weighted by Crippen LogP contribution is -2.16. The molecule has 4 nitrogen and oxygen atoms in total. The summed E-state index contributed by atoms with van der Waals surface area (Å²) in [6.07, 6.45) is 0.657. The van der Waals surface area contributed by atoms with Crippen LogP contribution in [0.15, 0.2) is 29.4 Å². The Hall–Kier alpha value is -1.84. The molecule has 0 unspecified atom stereocenters. The number of hydrogen-bond donors (Lipinski definition) is 0. The number of nitrogens with zero attached hydrogens (tertiary/aromatic N) is 1. The van der Waals surface area contributed by atoms with E-state index < -0.39 is 5.97 Å². The van der Waals surface area contributed by atoms with Crippen LogP contribution < -0.4 is 4.74 Å². The first kappa shape index (κ1) is 9.71. The molecule has 1 aliphatic heterocycles. The van der Waals surface area contributed by atoms with E-state index in [2.05, 4.69) is 9.99 Å². The summed E-state index contributed by atoms with van der Waals surface area (Å²) < 4.78 is 5.44. The van der Waals surface area contributed by atoms with E-state index in [0.29, 0.717) is 13.0 Å². The molecule has 0 atom stereocenters. The number of para-hydroxylation sites is 1. The van der Waals surface area contributed by atoms with Gasteiger partial charge in [0.2, 0.25) is 0 Å². The molecular formula is C11H11NO3. The first-order valence-corrected chi connectivity index (χ1v) is 4.74. The van der Waals surface area contributed by atoms with Gasteiger partial charge in [-0.15, -0.1) is 0 Å². The van der Waals surface area contributed by atoms with Crippen molar-refractivity contribution < 1.29 is 14.4 Å². The average Bonchev–Trinajstić information content (AvgIpc) is 2.26. The minimum Gasteiger partial charge on any atom is -0.492 e. The van der Waals surface area contributed by atoms with Crippen LogP contribution >= 0.6 is 0 Å². The minimum absolute atomic E-state index is 0.411. The molecule has 0 N–H and O–H groups in total. The fourth-order valence-electron chi connectivity index (χ4n) is 1.44. The summed E-state index contributed by atoms with van der Waals surface area (Å²) in [6, 6.07) is 7.57. The van der Waals surface area contributed by atoms with E-state index in [0.717, 1.165) is 17.0 Å². The van der Waals surface area contributed by atoms with Gasteiger partial charge in [-0.3, -0.25) is 0 Å². The fraction of sp³-hybridized carbons (Fsp3) is 0.273. The van der Waals surface area contributed by atoms with E-state index in [9.17, 15) is 4.79 Å². The molecule has 1 heterocycles. The van der Waals surface area contributed by atoms with E-state index in [1.165, 1.54) is 6.92 Å². The molecule has 0 amide bonds. The predicted molar refractivity (Wildman–Crippen MR) is 54.9 cm³/mol. The van der Waals surface area contributed by atoms with E-state index in [4.69, 9.17) is 4.74 Å². The first-order valence-electron chi connectivity index (χ1n) is 4.74. The van der Waals surface area contributed by atoms with Crippen LogP contribution in [0.2, 0.25) is 0 Å². The van der Waals surface area contributed by atoms with Gasteiger partial charge in [0.25, 0.3) is 0 Å². The maximum atomic E-state index is 10.6.